The van der Waals surface area contributed by atoms with E-state index >= 15 is 0 Å². The fraction of sp³-hybridized carbons (Fsp3) is 0.467. The maximum Gasteiger partial charge on any atom is 0.239 e. The minimum atomic E-state index is -0.618. The molecule has 1 amide bonds. The van der Waals surface area contributed by atoms with Crippen LogP contribution in [0.1, 0.15) is 37.7 Å². The van der Waals surface area contributed by atoms with Crippen molar-refractivity contribution in [2.75, 3.05) is 0 Å². The predicted molar refractivity (Wildman–Crippen MR) is 82.4 cm³/mol. The summed E-state index contributed by atoms with van der Waals surface area (Å²) in [6, 6.07) is 0.224. The third kappa shape index (κ3) is 1.93. The van der Waals surface area contributed by atoms with E-state index in [0.29, 0.717) is 5.84 Å². The van der Waals surface area contributed by atoms with Crippen molar-refractivity contribution in [1.82, 2.24) is 15.1 Å². The number of amides is 1. The standard InChI is InChI=1S/C15H18N6O/c1-8-11-5-12(9-6-17-18-7-9)14(22)21(10-3-2-4-10)13(11)20-15(16)19-8/h5-7,10,12,15H,2-4,16H2,1H3,(H,17,18). The van der Waals surface area contributed by atoms with E-state index in [-0.39, 0.29) is 17.9 Å². The number of aliphatic imine (C=N–C) groups is 2. The molecule has 1 fully saturated rings. The van der Waals surface area contributed by atoms with E-state index in [1.54, 1.807) is 12.4 Å². The highest BCUT2D eigenvalue weighted by atomic mass is 16.2. The molecule has 1 saturated carbocycles. The minimum absolute atomic E-state index is 0.0514. The lowest BCUT2D eigenvalue weighted by Gasteiger charge is -2.43. The normalized spacial score (nSPS) is 28.5. The second-order valence-corrected chi connectivity index (χ2v) is 5.96. The Morgan fingerprint density at radius 3 is 2.82 bits per heavy atom. The van der Waals surface area contributed by atoms with Crippen LogP contribution in [0.25, 0.3) is 0 Å². The van der Waals surface area contributed by atoms with E-state index in [1.807, 2.05) is 17.9 Å². The van der Waals surface area contributed by atoms with Gasteiger partial charge in [0.15, 0.2) is 6.29 Å². The van der Waals surface area contributed by atoms with Gasteiger partial charge in [0, 0.05) is 29.1 Å². The average molecular weight is 298 g/mol. The summed E-state index contributed by atoms with van der Waals surface area (Å²) in [6.07, 6.45) is 7.96. The average Bonchev–Trinajstić information content (AvgIpc) is 2.93. The first kappa shape index (κ1) is 13.4. The van der Waals surface area contributed by atoms with Crippen LogP contribution in [0.2, 0.25) is 0 Å². The van der Waals surface area contributed by atoms with Crippen molar-refractivity contribution in [2.24, 2.45) is 15.7 Å². The summed E-state index contributed by atoms with van der Waals surface area (Å²) in [5.41, 5.74) is 8.49. The molecule has 2 unspecified atom stereocenters. The van der Waals surface area contributed by atoms with Crippen molar-refractivity contribution in [3.8, 4) is 0 Å². The molecule has 3 heterocycles. The molecule has 0 spiro atoms. The van der Waals surface area contributed by atoms with Gasteiger partial charge < -0.3 is 0 Å². The van der Waals surface area contributed by atoms with Crippen LogP contribution in [0.15, 0.2) is 34.0 Å². The molecule has 22 heavy (non-hydrogen) atoms. The first-order chi connectivity index (χ1) is 10.6. The third-order valence-electron chi connectivity index (χ3n) is 4.59. The first-order valence-corrected chi connectivity index (χ1v) is 7.57. The fourth-order valence-electron chi connectivity index (χ4n) is 3.20. The minimum Gasteiger partial charge on any atom is -0.293 e. The van der Waals surface area contributed by atoms with Gasteiger partial charge in [-0.1, -0.05) is 6.08 Å². The molecule has 0 radical (unpaired) electrons. The van der Waals surface area contributed by atoms with E-state index in [9.17, 15) is 4.79 Å². The molecule has 3 aliphatic rings. The summed E-state index contributed by atoms with van der Waals surface area (Å²) in [4.78, 5) is 23.6. The number of nitrogens with zero attached hydrogens (tertiary/aromatic N) is 4. The molecule has 114 valence electrons. The Morgan fingerprint density at radius 2 is 2.18 bits per heavy atom. The zero-order chi connectivity index (χ0) is 15.3. The van der Waals surface area contributed by atoms with Crippen molar-refractivity contribution in [2.45, 2.75) is 44.4 Å². The van der Waals surface area contributed by atoms with E-state index in [2.05, 4.69) is 20.2 Å². The van der Waals surface area contributed by atoms with E-state index < -0.39 is 6.29 Å². The third-order valence-corrected chi connectivity index (χ3v) is 4.59. The Labute approximate surface area is 128 Å². The molecule has 1 aliphatic carbocycles. The molecule has 1 aromatic heterocycles. The number of rotatable bonds is 2. The number of hydrogen-bond donors (Lipinski definition) is 2. The Kier molecular flexibility index (Phi) is 2.97. The van der Waals surface area contributed by atoms with Gasteiger partial charge in [0.1, 0.15) is 5.84 Å². The highest BCUT2D eigenvalue weighted by molar-refractivity contribution is 6.29. The van der Waals surface area contributed by atoms with Crippen molar-refractivity contribution in [3.63, 3.8) is 0 Å². The van der Waals surface area contributed by atoms with Gasteiger partial charge in [0.05, 0.1) is 12.1 Å². The first-order valence-electron chi connectivity index (χ1n) is 7.57. The topological polar surface area (TPSA) is 99.7 Å². The van der Waals surface area contributed by atoms with Crippen molar-refractivity contribution in [3.05, 3.63) is 29.6 Å². The molecule has 0 aromatic carbocycles. The Balaban J connectivity index is 1.83. The molecule has 3 N–H and O–H groups in total. The van der Waals surface area contributed by atoms with Gasteiger partial charge in [-0.05, 0) is 26.2 Å². The zero-order valence-electron chi connectivity index (χ0n) is 12.4. The molecular formula is C15H18N6O. The fourth-order valence-corrected chi connectivity index (χ4v) is 3.20. The van der Waals surface area contributed by atoms with E-state index in [4.69, 9.17) is 5.73 Å². The number of aromatic amines is 1. The molecule has 0 bridgehead atoms. The smallest absolute Gasteiger partial charge is 0.239 e. The predicted octanol–water partition coefficient (Wildman–Crippen LogP) is 0.930. The number of amidine groups is 1. The van der Waals surface area contributed by atoms with Crippen LogP contribution in [0.3, 0.4) is 0 Å². The molecule has 7 nitrogen and oxygen atoms in total. The molecular weight excluding hydrogens is 280 g/mol. The van der Waals surface area contributed by atoms with Crippen molar-refractivity contribution < 1.29 is 4.79 Å². The van der Waals surface area contributed by atoms with Crippen LogP contribution in [0, 0.1) is 0 Å². The van der Waals surface area contributed by atoms with Gasteiger partial charge >= 0.3 is 0 Å². The highest BCUT2D eigenvalue weighted by Gasteiger charge is 2.42. The van der Waals surface area contributed by atoms with Gasteiger partial charge in [-0.15, -0.1) is 0 Å². The van der Waals surface area contributed by atoms with Crippen LogP contribution >= 0.6 is 0 Å². The number of aromatic nitrogens is 2. The Morgan fingerprint density at radius 1 is 1.36 bits per heavy atom. The largest absolute Gasteiger partial charge is 0.293 e. The molecule has 1 aromatic rings. The second-order valence-electron chi connectivity index (χ2n) is 5.96. The number of carbonyl (C=O) groups is 1. The molecule has 7 heteroatoms. The lowest BCUT2D eigenvalue weighted by atomic mass is 9.85. The van der Waals surface area contributed by atoms with Crippen molar-refractivity contribution >= 4 is 17.5 Å². The lowest BCUT2D eigenvalue weighted by molar-refractivity contribution is -0.131. The molecule has 2 atom stereocenters. The quantitative estimate of drug-likeness (QED) is 0.849. The SMILES string of the molecule is CC1=NC(N)N=C2C1=CC(c1cn[nH]c1)C(=O)N2C1CCC1. The highest BCUT2D eigenvalue weighted by Crippen LogP contribution is 2.35. The van der Waals surface area contributed by atoms with Crippen LogP contribution in [-0.4, -0.2) is 44.9 Å². The number of nitrogens with one attached hydrogen (secondary N) is 1. The van der Waals surface area contributed by atoms with Crippen molar-refractivity contribution in [1.29, 1.82) is 0 Å². The Bertz CT molecular complexity index is 698. The maximum atomic E-state index is 13.0. The van der Waals surface area contributed by atoms with Gasteiger partial charge in [0.2, 0.25) is 5.91 Å². The summed E-state index contributed by atoms with van der Waals surface area (Å²) in [6.45, 7) is 1.92. The van der Waals surface area contributed by atoms with Crippen LogP contribution in [0.5, 0.6) is 0 Å². The lowest BCUT2D eigenvalue weighted by Crippen LogP contribution is -2.54. The zero-order valence-corrected chi connectivity index (χ0v) is 12.4. The number of nitrogens with two attached hydrogens (primary N) is 1. The van der Waals surface area contributed by atoms with Crippen LogP contribution in [0.4, 0.5) is 0 Å². The maximum absolute atomic E-state index is 13.0. The van der Waals surface area contributed by atoms with Crippen LogP contribution in [-0.2, 0) is 4.79 Å². The second kappa shape index (κ2) is 4.88. The van der Waals surface area contributed by atoms with Crippen LogP contribution < -0.4 is 5.73 Å². The van der Waals surface area contributed by atoms with E-state index in [1.165, 1.54) is 0 Å². The summed E-state index contributed by atoms with van der Waals surface area (Å²) in [5.74, 6) is 0.401. The van der Waals surface area contributed by atoms with Gasteiger partial charge in [-0.25, -0.2) is 9.98 Å². The molecule has 2 aliphatic heterocycles. The number of carbonyl (C=O) groups excluding carboxylic acids is 1. The van der Waals surface area contributed by atoms with Gasteiger partial charge in [-0.3, -0.25) is 20.5 Å². The summed E-state index contributed by atoms with van der Waals surface area (Å²) in [5, 5.41) is 6.74. The summed E-state index contributed by atoms with van der Waals surface area (Å²) >= 11 is 0. The summed E-state index contributed by atoms with van der Waals surface area (Å²) in [7, 11) is 0. The van der Waals surface area contributed by atoms with Gasteiger partial charge in [-0.2, -0.15) is 5.10 Å². The molecule has 0 saturated heterocycles. The number of hydrogen-bond acceptors (Lipinski definition) is 5. The molecule has 4 rings (SSSR count). The van der Waals surface area contributed by atoms with Gasteiger partial charge in [0.25, 0.3) is 0 Å². The number of fused-ring (bicyclic) bond motifs is 1. The summed E-state index contributed by atoms with van der Waals surface area (Å²) < 4.78 is 0. The van der Waals surface area contributed by atoms with E-state index in [0.717, 1.165) is 36.1 Å². The Hall–Kier alpha value is -2.28. The number of H-pyrrole nitrogens is 1. The monoisotopic (exact) mass is 298 g/mol.